The second-order valence-corrected chi connectivity index (χ2v) is 2.56. The van der Waals surface area contributed by atoms with E-state index in [-0.39, 0.29) is 41.6 Å². The average Bonchev–Trinajstić information content (AvgIpc) is 1.88. The number of piperidine rings is 1. The summed E-state index contributed by atoms with van der Waals surface area (Å²) in [5, 5.41) is 3.20. The van der Waals surface area contributed by atoms with Gasteiger partial charge < -0.3 is 10.1 Å². The number of carbonyl (C=O) groups excluding carboxylic acids is 1. The van der Waals surface area contributed by atoms with Gasteiger partial charge in [0.25, 0.3) is 0 Å². The van der Waals surface area contributed by atoms with Crippen molar-refractivity contribution in [1.82, 2.24) is 5.32 Å². The third-order valence-electron chi connectivity index (χ3n) is 1.62. The van der Waals surface area contributed by atoms with Crippen molar-refractivity contribution in [3.8, 4) is 0 Å². The summed E-state index contributed by atoms with van der Waals surface area (Å²) in [5.74, 6) is -0.160. The zero-order valence-corrected chi connectivity index (χ0v) is 6.22. The van der Waals surface area contributed by atoms with Crippen LogP contribution in [0.15, 0.2) is 0 Å². The van der Waals surface area contributed by atoms with Gasteiger partial charge in [0.05, 0.1) is 0 Å². The fourth-order valence-electron chi connectivity index (χ4n) is 1.15. The van der Waals surface area contributed by atoms with Gasteiger partial charge in [0.1, 0.15) is 6.10 Å². The quantitative estimate of drug-likeness (QED) is 0.428. The molecule has 0 aliphatic carbocycles. The first kappa shape index (κ1) is 11.4. The predicted octanol–water partition coefficient (Wildman–Crippen LogP) is -0.347. The third kappa shape index (κ3) is 4.80. The van der Waals surface area contributed by atoms with Crippen LogP contribution >= 0.6 is 0 Å². The summed E-state index contributed by atoms with van der Waals surface area (Å²) in [7, 11) is 0. The van der Waals surface area contributed by atoms with Gasteiger partial charge in [-0.3, -0.25) is 4.79 Å². The molecule has 1 N–H and O–H groups in total. The van der Waals surface area contributed by atoms with Crippen molar-refractivity contribution in [1.29, 1.82) is 0 Å². The van der Waals surface area contributed by atoms with E-state index in [2.05, 4.69) is 5.32 Å². The molecule has 1 fully saturated rings. The molecule has 4 heteroatoms. The molecule has 60 valence electrons. The Morgan fingerprint density at radius 3 is 2.45 bits per heavy atom. The average molecular weight is 167 g/mol. The van der Waals surface area contributed by atoms with Crippen LogP contribution in [0.1, 0.15) is 19.8 Å². The molecule has 0 aromatic carbocycles. The third-order valence-corrected chi connectivity index (χ3v) is 1.62. The minimum absolute atomic E-state index is 0. The Morgan fingerprint density at radius 1 is 1.45 bits per heavy atom. The fourth-order valence-corrected chi connectivity index (χ4v) is 1.15. The zero-order chi connectivity index (χ0) is 7.40. The van der Waals surface area contributed by atoms with Crippen LogP contribution in [0.5, 0.6) is 0 Å². The molecule has 0 saturated carbocycles. The Labute approximate surface area is 89.2 Å². The summed E-state index contributed by atoms with van der Waals surface area (Å²) >= 11 is 0. The molecule has 0 radical (unpaired) electrons. The van der Waals surface area contributed by atoms with E-state index in [1.807, 2.05) is 0 Å². The summed E-state index contributed by atoms with van der Waals surface area (Å²) in [4.78, 5) is 10.5. The second kappa shape index (κ2) is 6.00. The van der Waals surface area contributed by atoms with Gasteiger partial charge >= 0.3 is 35.5 Å². The van der Waals surface area contributed by atoms with Crippen LogP contribution in [0.25, 0.3) is 0 Å². The zero-order valence-electron chi connectivity index (χ0n) is 6.22. The van der Waals surface area contributed by atoms with E-state index in [0.29, 0.717) is 0 Å². The summed E-state index contributed by atoms with van der Waals surface area (Å²) in [6, 6.07) is 0. The molecule has 1 rings (SSSR count). The number of hydrogen-bond donors (Lipinski definition) is 1. The van der Waals surface area contributed by atoms with E-state index in [4.69, 9.17) is 4.74 Å². The van der Waals surface area contributed by atoms with Crippen molar-refractivity contribution in [3.05, 3.63) is 0 Å². The number of ether oxygens (including phenoxy) is 1. The number of esters is 1. The number of nitrogens with one attached hydrogen (secondary N) is 1. The van der Waals surface area contributed by atoms with Gasteiger partial charge in [0.15, 0.2) is 0 Å². The molecule has 3 nitrogen and oxygen atoms in total. The van der Waals surface area contributed by atoms with Crippen molar-refractivity contribution in [2.45, 2.75) is 25.9 Å². The summed E-state index contributed by atoms with van der Waals surface area (Å²) in [6.45, 7) is 3.40. The van der Waals surface area contributed by atoms with Crippen LogP contribution in [0.4, 0.5) is 0 Å². The number of carbonyl (C=O) groups is 1. The van der Waals surface area contributed by atoms with Crippen molar-refractivity contribution >= 4 is 35.5 Å². The van der Waals surface area contributed by atoms with Gasteiger partial charge in [0.2, 0.25) is 0 Å². The van der Waals surface area contributed by atoms with Crippen LogP contribution in [0.3, 0.4) is 0 Å². The maximum absolute atomic E-state index is 10.5. The van der Waals surface area contributed by atoms with Crippen molar-refractivity contribution in [3.63, 3.8) is 0 Å². The molecule has 1 aliphatic heterocycles. The van der Waals surface area contributed by atoms with Gasteiger partial charge in [-0.05, 0) is 25.9 Å². The number of hydrogen-bond acceptors (Lipinski definition) is 3. The van der Waals surface area contributed by atoms with E-state index < -0.39 is 0 Å². The molecule has 1 heterocycles. The molecule has 0 bridgehead atoms. The molecular formula is C7H14NNaO2. The van der Waals surface area contributed by atoms with Crippen LogP contribution in [-0.2, 0) is 9.53 Å². The SMILES string of the molecule is CC(=O)OC1CCNCC1.[NaH]. The Bertz CT molecular complexity index is 124. The van der Waals surface area contributed by atoms with E-state index in [1.54, 1.807) is 0 Å². The summed E-state index contributed by atoms with van der Waals surface area (Å²) in [6.07, 6.45) is 2.08. The first-order valence-corrected chi connectivity index (χ1v) is 3.67. The number of rotatable bonds is 1. The van der Waals surface area contributed by atoms with E-state index in [9.17, 15) is 4.79 Å². The predicted molar refractivity (Wildman–Crippen MR) is 44.8 cm³/mol. The molecule has 0 atom stereocenters. The van der Waals surface area contributed by atoms with Gasteiger partial charge in [-0.1, -0.05) is 0 Å². The molecule has 1 aliphatic rings. The maximum atomic E-state index is 10.5. The topological polar surface area (TPSA) is 38.3 Å². The van der Waals surface area contributed by atoms with Gasteiger partial charge in [-0.2, -0.15) is 0 Å². The van der Waals surface area contributed by atoms with E-state index in [1.165, 1.54) is 6.92 Å². The van der Waals surface area contributed by atoms with Gasteiger partial charge in [-0.25, -0.2) is 0 Å². The fraction of sp³-hybridized carbons (Fsp3) is 0.857. The van der Waals surface area contributed by atoms with Crippen molar-refractivity contribution < 1.29 is 9.53 Å². The monoisotopic (exact) mass is 167 g/mol. The molecule has 0 unspecified atom stereocenters. The molecule has 0 spiro atoms. The van der Waals surface area contributed by atoms with Gasteiger partial charge in [0, 0.05) is 6.92 Å². The minimum atomic E-state index is -0.160. The summed E-state index contributed by atoms with van der Waals surface area (Å²) in [5.41, 5.74) is 0. The Morgan fingerprint density at radius 2 is 2.00 bits per heavy atom. The second-order valence-electron chi connectivity index (χ2n) is 2.56. The molecule has 1 saturated heterocycles. The van der Waals surface area contributed by atoms with Gasteiger partial charge in [-0.15, -0.1) is 0 Å². The van der Waals surface area contributed by atoms with E-state index in [0.717, 1.165) is 25.9 Å². The standard InChI is InChI=1S/C7H13NO2.Na.H/c1-6(9)10-7-2-4-8-5-3-7;;/h7-8H,2-5H2,1H3;;. The van der Waals surface area contributed by atoms with Crippen molar-refractivity contribution in [2.24, 2.45) is 0 Å². The Balaban J connectivity index is 0.000001000. The van der Waals surface area contributed by atoms with Crippen molar-refractivity contribution in [2.75, 3.05) is 13.1 Å². The Kier molecular flexibility index (Phi) is 6.24. The van der Waals surface area contributed by atoms with E-state index >= 15 is 0 Å². The molecule has 11 heavy (non-hydrogen) atoms. The first-order valence-electron chi connectivity index (χ1n) is 3.67. The van der Waals surface area contributed by atoms with Crippen LogP contribution in [0, 0.1) is 0 Å². The molecule has 0 aromatic heterocycles. The van der Waals surface area contributed by atoms with Crippen LogP contribution in [-0.4, -0.2) is 54.7 Å². The van der Waals surface area contributed by atoms with Crippen LogP contribution < -0.4 is 5.32 Å². The Hall–Kier alpha value is 0.430. The van der Waals surface area contributed by atoms with Crippen LogP contribution in [0.2, 0.25) is 0 Å². The first-order chi connectivity index (χ1) is 4.79. The summed E-state index contributed by atoms with van der Waals surface area (Å²) < 4.78 is 5.01. The molecule has 0 aromatic rings. The normalized spacial score (nSPS) is 18.6. The molecular weight excluding hydrogens is 153 g/mol. The molecule has 0 amide bonds.